The second kappa shape index (κ2) is 11.9. The van der Waals surface area contributed by atoms with E-state index in [-0.39, 0.29) is 21.9 Å². The van der Waals surface area contributed by atoms with Crippen LogP contribution in [0.1, 0.15) is 42.3 Å². The van der Waals surface area contributed by atoms with Gasteiger partial charge in [0.2, 0.25) is 5.91 Å². The Morgan fingerprint density at radius 2 is 1.39 bits per heavy atom. The van der Waals surface area contributed by atoms with Crippen molar-refractivity contribution < 1.29 is 22.4 Å². The third kappa shape index (κ3) is 7.37. The highest BCUT2D eigenvalue weighted by molar-refractivity contribution is 7.92. The largest absolute Gasteiger partial charge is 0.324 e. The molecule has 2 amide bonds. The van der Waals surface area contributed by atoms with E-state index in [1.807, 2.05) is 19.1 Å². The minimum Gasteiger partial charge on any atom is -0.324 e. The maximum atomic E-state index is 13.6. The maximum Gasteiger partial charge on any atom is 0.264 e. The molecule has 212 valence electrons. The first-order valence-electron chi connectivity index (χ1n) is 13.0. The molecule has 0 spiro atoms. The van der Waals surface area contributed by atoms with Gasteiger partial charge in [-0.2, -0.15) is 0 Å². The number of anilines is 3. The molecule has 4 aromatic rings. The normalized spacial score (nSPS) is 11.5. The Morgan fingerprint density at radius 3 is 1.98 bits per heavy atom. The molecule has 0 aromatic heterocycles. The Kier molecular flexibility index (Phi) is 8.58. The summed E-state index contributed by atoms with van der Waals surface area (Å²) in [6, 6.07) is 25.0. The average molecular weight is 574 g/mol. The van der Waals surface area contributed by atoms with Gasteiger partial charge in [0.15, 0.2) is 0 Å². The van der Waals surface area contributed by atoms with E-state index in [1.165, 1.54) is 24.3 Å². The summed E-state index contributed by atoms with van der Waals surface area (Å²) in [5.41, 5.74) is 3.40. The zero-order chi connectivity index (χ0) is 29.8. The lowest BCUT2D eigenvalue weighted by Gasteiger charge is -2.24. The lowest BCUT2D eigenvalue weighted by molar-refractivity contribution is -0.114. The van der Waals surface area contributed by atoms with Crippen molar-refractivity contribution in [2.24, 2.45) is 0 Å². The van der Waals surface area contributed by atoms with Gasteiger partial charge >= 0.3 is 0 Å². The van der Waals surface area contributed by atoms with Crippen molar-refractivity contribution in [3.63, 3.8) is 0 Å². The monoisotopic (exact) mass is 573 g/mol. The minimum atomic E-state index is -4.15. The fourth-order valence-corrected chi connectivity index (χ4v) is 5.51. The summed E-state index contributed by atoms with van der Waals surface area (Å²) >= 11 is 0. The number of halogens is 1. The molecular formula is C32H32FN3O4S. The van der Waals surface area contributed by atoms with Crippen molar-refractivity contribution in [3.05, 3.63) is 120 Å². The molecule has 0 aliphatic heterocycles. The number of rotatable bonds is 8. The lowest BCUT2D eigenvalue weighted by atomic mass is 9.87. The number of amides is 2. The smallest absolute Gasteiger partial charge is 0.264 e. The van der Waals surface area contributed by atoms with Crippen LogP contribution < -0.4 is 14.9 Å². The van der Waals surface area contributed by atoms with Crippen LogP contribution in [0.25, 0.3) is 0 Å². The molecule has 0 heterocycles. The molecule has 4 rings (SSSR count). The fourth-order valence-electron chi connectivity index (χ4n) is 4.09. The molecule has 2 N–H and O–H groups in total. The summed E-state index contributed by atoms with van der Waals surface area (Å²) < 4.78 is 41.5. The molecule has 9 heteroatoms. The molecule has 4 aromatic carbocycles. The van der Waals surface area contributed by atoms with Crippen molar-refractivity contribution >= 4 is 38.9 Å². The van der Waals surface area contributed by atoms with Gasteiger partial charge < -0.3 is 10.6 Å². The molecule has 41 heavy (non-hydrogen) atoms. The van der Waals surface area contributed by atoms with Crippen LogP contribution in [0.2, 0.25) is 0 Å². The standard InChI is InChI=1S/C32H32FN3O4S/c1-22-8-18-29(19-9-22)41(39,40)36(28-16-14-25(33)15-17-28)21-30(37)34-26-6-5-7-27(20-26)35-31(38)23-10-12-24(13-11-23)32(2,3)4/h5-20H,21H2,1-4H3,(H,34,37)(H,35,38). The molecule has 0 aliphatic carbocycles. The van der Waals surface area contributed by atoms with Crippen LogP contribution in [0.3, 0.4) is 0 Å². The molecule has 0 bridgehead atoms. The van der Waals surface area contributed by atoms with E-state index in [0.717, 1.165) is 27.6 Å². The van der Waals surface area contributed by atoms with E-state index in [9.17, 15) is 22.4 Å². The molecule has 0 radical (unpaired) electrons. The Hall–Kier alpha value is -4.50. The fraction of sp³-hybridized carbons (Fsp3) is 0.188. The van der Waals surface area contributed by atoms with Gasteiger partial charge in [-0.25, -0.2) is 12.8 Å². The Bertz CT molecular complexity index is 1650. The van der Waals surface area contributed by atoms with Crippen molar-refractivity contribution in [1.82, 2.24) is 0 Å². The summed E-state index contributed by atoms with van der Waals surface area (Å²) in [6.07, 6.45) is 0. The summed E-state index contributed by atoms with van der Waals surface area (Å²) in [6.45, 7) is 7.56. The van der Waals surface area contributed by atoms with Gasteiger partial charge in [0, 0.05) is 16.9 Å². The third-order valence-electron chi connectivity index (χ3n) is 6.43. The number of carbonyl (C=O) groups excluding carboxylic acids is 2. The van der Waals surface area contributed by atoms with E-state index in [4.69, 9.17) is 0 Å². The van der Waals surface area contributed by atoms with Crippen molar-refractivity contribution in [2.45, 2.75) is 38.0 Å². The van der Waals surface area contributed by atoms with Crippen molar-refractivity contribution in [1.29, 1.82) is 0 Å². The van der Waals surface area contributed by atoms with Gasteiger partial charge in [0.1, 0.15) is 12.4 Å². The van der Waals surface area contributed by atoms with Crippen LogP contribution in [-0.4, -0.2) is 26.8 Å². The van der Waals surface area contributed by atoms with Crippen LogP contribution >= 0.6 is 0 Å². The number of sulfonamides is 1. The summed E-state index contributed by atoms with van der Waals surface area (Å²) in [4.78, 5) is 25.9. The molecule has 0 aliphatic rings. The van der Waals surface area contributed by atoms with Crippen molar-refractivity contribution in [3.8, 4) is 0 Å². The minimum absolute atomic E-state index is 0.000433. The van der Waals surface area contributed by atoms with E-state index >= 15 is 0 Å². The Labute approximate surface area is 240 Å². The van der Waals surface area contributed by atoms with Crippen molar-refractivity contribution in [2.75, 3.05) is 21.5 Å². The average Bonchev–Trinajstić information content (AvgIpc) is 2.92. The van der Waals surface area contributed by atoms with Gasteiger partial charge in [-0.05, 0) is 84.6 Å². The van der Waals surface area contributed by atoms with Crippen LogP contribution in [0.5, 0.6) is 0 Å². The zero-order valence-corrected chi connectivity index (χ0v) is 24.1. The van der Waals surface area contributed by atoms with Gasteiger partial charge in [-0.15, -0.1) is 0 Å². The zero-order valence-electron chi connectivity index (χ0n) is 23.3. The maximum absolute atomic E-state index is 13.6. The summed E-state index contributed by atoms with van der Waals surface area (Å²) in [7, 11) is -4.15. The highest BCUT2D eigenvalue weighted by atomic mass is 32.2. The van der Waals surface area contributed by atoms with E-state index < -0.39 is 28.3 Å². The lowest BCUT2D eigenvalue weighted by Crippen LogP contribution is -2.38. The molecular weight excluding hydrogens is 541 g/mol. The van der Waals surface area contributed by atoms with E-state index in [2.05, 4.69) is 31.4 Å². The van der Waals surface area contributed by atoms with Gasteiger partial charge in [-0.1, -0.05) is 56.7 Å². The van der Waals surface area contributed by atoms with Crippen LogP contribution in [0.15, 0.2) is 102 Å². The van der Waals surface area contributed by atoms with Gasteiger partial charge in [0.25, 0.3) is 15.9 Å². The molecule has 0 fully saturated rings. The van der Waals surface area contributed by atoms with E-state index in [1.54, 1.807) is 48.5 Å². The second-order valence-electron chi connectivity index (χ2n) is 10.7. The van der Waals surface area contributed by atoms with Gasteiger partial charge in [-0.3, -0.25) is 13.9 Å². The second-order valence-corrected chi connectivity index (χ2v) is 12.6. The number of hydrogen-bond donors (Lipinski definition) is 2. The quantitative estimate of drug-likeness (QED) is 0.251. The SMILES string of the molecule is Cc1ccc(S(=O)(=O)N(CC(=O)Nc2cccc(NC(=O)c3ccc(C(C)(C)C)cc3)c2)c2ccc(F)cc2)cc1. The first-order chi connectivity index (χ1) is 19.3. The topological polar surface area (TPSA) is 95.6 Å². The molecule has 0 atom stereocenters. The molecule has 0 saturated heterocycles. The van der Waals surface area contributed by atoms with Crippen LogP contribution in [0, 0.1) is 12.7 Å². The third-order valence-corrected chi connectivity index (χ3v) is 8.22. The first-order valence-corrected chi connectivity index (χ1v) is 14.4. The predicted octanol–water partition coefficient (Wildman–Crippen LogP) is 6.52. The molecule has 0 saturated carbocycles. The Balaban J connectivity index is 1.50. The predicted molar refractivity (Wildman–Crippen MR) is 160 cm³/mol. The summed E-state index contributed by atoms with van der Waals surface area (Å²) in [5, 5.41) is 5.51. The number of benzene rings is 4. The number of carbonyl (C=O) groups is 2. The molecule has 7 nitrogen and oxygen atoms in total. The van der Waals surface area contributed by atoms with E-state index in [0.29, 0.717) is 16.9 Å². The number of nitrogens with zero attached hydrogens (tertiary/aromatic N) is 1. The number of nitrogens with one attached hydrogen (secondary N) is 2. The first kappa shape index (κ1) is 29.5. The van der Waals surface area contributed by atoms with Crippen LogP contribution in [0.4, 0.5) is 21.5 Å². The number of hydrogen-bond acceptors (Lipinski definition) is 4. The highest BCUT2D eigenvalue weighted by Crippen LogP contribution is 2.25. The number of aryl methyl sites for hydroxylation is 1. The highest BCUT2D eigenvalue weighted by Gasteiger charge is 2.27. The summed E-state index contributed by atoms with van der Waals surface area (Å²) in [5.74, 6) is -1.46. The van der Waals surface area contributed by atoms with Gasteiger partial charge in [0.05, 0.1) is 10.6 Å². The van der Waals surface area contributed by atoms with Crippen LogP contribution in [-0.2, 0) is 20.2 Å². The Morgan fingerprint density at radius 1 is 0.805 bits per heavy atom. The molecule has 0 unspecified atom stereocenters.